The molecular formula is C16H17N3. The predicted molar refractivity (Wildman–Crippen MR) is 76.3 cm³/mol. The second-order valence-electron chi connectivity index (χ2n) is 4.96. The van der Waals surface area contributed by atoms with Gasteiger partial charge in [0.2, 0.25) is 0 Å². The van der Waals surface area contributed by atoms with E-state index < -0.39 is 0 Å². The number of pyridine rings is 1. The minimum Gasteiger partial charge on any atom is -0.221 e. The normalized spacial score (nSPS) is 11.1. The fourth-order valence-corrected chi connectivity index (χ4v) is 2.27. The molecule has 3 aromatic rings. The second kappa shape index (κ2) is 4.84. The van der Waals surface area contributed by atoms with Crippen molar-refractivity contribution in [1.29, 1.82) is 0 Å². The summed E-state index contributed by atoms with van der Waals surface area (Å²) in [5, 5.41) is 4.52. The lowest BCUT2D eigenvalue weighted by atomic mass is 10.0. The monoisotopic (exact) mass is 251 g/mol. The summed E-state index contributed by atoms with van der Waals surface area (Å²) >= 11 is 0. The van der Waals surface area contributed by atoms with Crippen LogP contribution in [0, 0.1) is 13.8 Å². The van der Waals surface area contributed by atoms with Gasteiger partial charge in [0.1, 0.15) is 0 Å². The predicted octanol–water partition coefficient (Wildman–Crippen LogP) is 3.13. The van der Waals surface area contributed by atoms with Gasteiger partial charge in [-0.05, 0) is 43.0 Å². The Balaban J connectivity index is 1.80. The zero-order chi connectivity index (χ0) is 13.2. The van der Waals surface area contributed by atoms with Gasteiger partial charge >= 0.3 is 0 Å². The van der Waals surface area contributed by atoms with E-state index in [0.29, 0.717) is 0 Å². The fraction of sp³-hybridized carbons (Fsp3) is 0.250. The van der Waals surface area contributed by atoms with Crippen LogP contribution in [0.25, 0.3) is 5.65 Å². The maximum Gasteiger partial charge on any atom is 0.155 e. The molecule has 3 rings (SSSR count). The smallest absolute Gasteiger partial charge is 0.155 e. The quantitative estimate of drug-likeness (QED) is 0.716. The van der Waals surface area contributed by atoms with Crippen LogP contribution in [0.5, 0.6) is 0 Å². The van der Waals surface area contributed by atoms with Crippen molar-refractivity contribution in [3.63, 3.8) is 0 Å². The van der Waals surface area contributed by atoms with Crippen LogP contribution >= 0.6 is 0 Å². The molecule has 0 saturated heterocycles. The number of aryl methyl sites for hydroxylation is 4. The number of hydrogen-bond acceptors (Lipinski definition) is 2. The first-order valence-corrected chi connectivity index (χ1v) is 6.59. The van der Waals surface area contributed by atoms with Crippen LogP contribution in [0.2, 0.25) is 0 Å². The molecular weight excluding hydrogens is 234 g/mol. The summed E-state index contributed by atoms with van der Waals surface area (Å²) in [6.45, 7) is 4.21. The molecule has 0 aliphatic heterocycles. The molecule has 0 N–H and O–H groups in total. The first-order chi connectivity index (χ1) is 9.22. The van der Waals surface area contributed by atoms with Gasteiger partial charge in [-0.25, -0.2) is 9.50 Å². The van der Waals surface area contributed by atoms with E-state index in [2.05, 4.69) is 54.3 Å². The molecule has 96 valence electrons. The lowest BCUT2D eigenvalue weighted by Crippen LogP contribution is -1.96. The van der Waals surface area contributed by atoms with Crippen molar-refractivity contribution in [2.75, 3.05) is 0 Å². The maximum absolute atomic E-state index is 4.55. The van der Waals surface area contributed by atoms with E-state index in [9.17, 15) is 0 Å². The van der Waals surface area contributed by atoms with E-state index in [0.717, 1.165) is 24.3 Å². The Morgan fingerprint density at radius 2 is 1.84 bits per heavy atom. The van der Waals surface area contributed by atoms with Crippen LogP contribution in [0.1, 0.15) is 22.5 Å². The molecule has 0 bridgehead atoms. The number of aromatic nitrogens is 3. The van der Waals surface area contributed by atoms with E-state index in [4.69, 9.17) is 0 Å². The molecule has 3 nitrogen and oxygen atoms in total. The Morgan fingerprint density at radius 1 is 1.00 bits per heavy atom. The molecule has 2 heterocycles. The van der Waals surface area contributed by atoms with Crippen molar-refractivity contribution in [3.05, 3.63) is 65.1 Å². The van der Waals surface area contributed by atoms with Gasteiger partial charge in [0.25, 0.3) is 0 Å². The third kappa shape index (κ3) is 2.50. The lowest BCUT2D eigenvalue weighted by Gasteiger charge is -2.02. The highest BCUT2D eigenvalue weighted by molar-refractivity contribution is 5.38. The van der Waals surface area contributed by atoms with E-state index in [-0.39, 0.29) is 0 Å². The van der Waals surface area contributed by atoms with Gasteiger partial charge in [0.05, 0.1) is 0 Å². The Morgan fingerprint density at radius 3 is 2.68 bits per heavy atom. The Bertz CT molecular complexity index is 713. The van der Waals surface area contributed by atoms with Gasteiger partial charge in [-0.15, -0.1) is 0 Å². The number of rotatable bonds is 3. The highest BCUT2D eigenvalue weighted by Gasteiger charge is 2.05. The minimum atomic E-state index is 0.881. The molecule has 0 amide bonds. The van der Waals surface area contributed by atoms with E-state index in [1.54, 1.807) is 0 Å². The zero-order valence-corrected chi connectivity index (χ0v) is 11.3. The van der Waals surface area contributed by atoms with Gasteiger partial charge in [0, 0.05) is 12.6 Å². The van der Waals surface area contributed by atoms with Crippen LogP contribution in [0.3, 0.4) is 0 Å². The summed E-state index contributed by atoms with van der Waals surface area (Å²) in [5.74, 6) is 0.911. The van der Waals surface area contributed by atoms with Crippen molar-refractivity contribution in [3.8, 4) is 0 Å². The van der Waals surface area contributed by atoms with Crippen LogP contribution < -0.4 is 0 Å². The molecule has 0 spiro atoms. The van der Waals surface area contributed by atoms with Crippen molar-refractivity contribution in [2.24, 2.45) is 0 Å². The summed E-state index contributed by atoms with van der Waals surface area (Å²) in [6.07, 6.45) is 3.88. The maximum atomic E-state index is 4.55. The van der Waals surface area contributed by atoms with E-state index >= 15 is 0 Å². The highest BCUT2D eigenvalue weighted by Crippen LogP contribution is 2.11. The summed E-state index contributed by atoms with van der Waals surface area (Å²) in [6, 6.07) is 12.6. The topological polar surface area (TPSA) is 30.2 Å². The number of fused-ring (bicyclic) bond motifs is 1. The Kier molecular flexibility index (Phi) is 3.03. The van der Waals surface area contributed by atoms with Gasteiger partial charge in [-0.3, -0.25) is 0 Å². The SMILES string of the molecule is Cc1ccc2nc(CCc3ccccc3C)nn2c1. The van der Waals surface area contributed by atoms with E-state index in [1.807, 2.05) is 16.8 Å². The van der Waals surface area contributed by atoms with Gasteiger partial charge in [-0.2, -0.15) is 5.10 Å². The number of hydrogen-bond donors (Lipinski definition) is 0. The molecule has 0 aliphatic rings. The van der Waals surface area contributed by atoms with Crippen molar-refractivity contribution < 1.29 is 0 Å². The third-order valence-electron chi connectivity index (χ3n) is 3.40. The molecule has 0 saturated carbocycles. The van der Waals surface area contributed by atoms with Crippen molar-refractivity contribution in [1.82, 2.24) is 14.6 Å². The Hall–Kier alpha value is -2.16. The summed E-state index contributed by atoms with van der Waals surface area (Å²) in [5.41, 5.74) is 4.83. The average Bonchev–Trinajstić information content (AvgIpc) is 2.79. The molecule has 0 unspecified atom stereocenters. The summed E-state index contributed by atoms with van der Waals surface area (Å²) < 4.78 is 1.86. The van der Waals surface area contributed by atoms with Crippen LogP contribution in [0.4, 0.5) is 0 Å². The number of benzene rings is 1. The van der Waals surface area contributed by atoms with Crippen LogP contribution in [0.15, 0.2) is 42.6 Å². The van der Waals surface area contributed by atoms with Gasteiger partial charge < -0.3 is 0 Å². The van der Waals surface area contributed by atoms with Gasteiger partial charge in [0.15, 0.2) is 11.5 Å². The summed E-state index contributed by atoms with van der Waals surface area (Å²) in [7, 11) is 0. The van der Waals surface area contributed by atoms with Crippen molar-refractivity contribution in [2.45, 2.75) is 26.7 Å². The van der Waals surface area contributed by atoms with Gasteiger partial charge in [-0.1, -0.05) is 30.3 Å². The summed E-state index contributed by atoms with van der Waals surface area (Å²) in [4.78, 5) is 4.55. The standard InChI is InChI=1S/C16H17N3/c1-12-7-10-16-17-15(18-19(16)11-12)9-8-14-6-4-3-5-13(14)2/h3-7,10-11H,8-9H2,1-2H3. The molecule has 0 fully saturated rings. The number of nitrogens with zero attached hydrogens (tertiary/aromatic N) is 3. The molecule has 0 aliphatic carbocycles. The molecule has 0 atom stereocenters. The second-order valence-corrected chi connectivity index (χ2v) is 4.96. The van der Waals surface area contributed by atoms with Crippen LogP contribution in [-0.4, -0.2) is 14.6 Å². The Labute approximate surface area is 112 Å². The average molecular weight is 251 g/mol. The third-order valence-corrected chi connectivity index (χ3v) is 3.40. The van der Waals surface area contributed by atoms with Crippen LogP contribution in [-0.2, 0) is 12.8 Å². The fourth-order valence-electron chi connectivity index (χ4n) is 2.27. The largest absolute Gasteiger partial charge is 0.221 e. The molecule has 19 heavy (non-hydrogen) atoms. The lowest BCUT2D eigenvalue weighted by molar-refractivity contribution is 0.832. The first kappa shape index (κ1) is 11.9. The van der Waals surface area contributed by atoms with Crippen molar-refractivity contribution >= 4 is 5.65 Å². The molecule has 1 aromatic carbocycles. The van der Waals surface area contributed by atoms with E-state index in [1.165, 1.54) is 16.7 Å². The molecule has 3 heteroatoms. The minimum absolute atomic E-state index is 0.881. The molecule has 0 radical (unpaired) electrons. The highest BCUT2D eigenvalue weighted by atomic mass is 15.3. The zero-order valence-electron chi connectivity index (χ0n) is 11.3. The molecule has 2 aromatic heterocycles. The first-order valence-electron chi connectivity index (χ1n) is 6.59.